The maximum absolute atomic E-state index is 5.15. The summed E-state index contributed by atoms with van der Waals surface area (Å²) in [5.41, 5.74) is 2.52. The van der Waals surface area contributed by atoms with Gasteiger partial charge in [0, 0.05) is 7.05 Å². The number of anilines is 1. The van der Waals surface area contributed by atoms with Crippen molar-refractivity contribution in [1.29, 1.82) is 0 Å². The third-order valence-corrected chi connectivity index (χ3v) is 1.37. The molecule has 1 aromatic rings. The van der Waals surface area contributed by atoms with Crippen LogP contribution >= 0.6 is 0 Å². The molecule has 0 fully saturated rings. The first kappa shape index (κ1) is 6.10. The SMILES string of the molecule is Cc1ncc(NN)n1C. The smallest absolute Gasteiger partial charge is 0.140 e. The summed E-state index contributed by atoms with van der Waals surface area (Å²) in [6.45, 7) is 1.92. The first-order valence-corrected chi connectivity index (χ1v) is 2.70. The van der Waals surface area contributed by atoms with Gasteiger partial charge < -0.3 is 9.99 Å². The Morgan fingerprint density at radius 3 is 2.67 bits per heavy atom. The van der Waals surface area contributed by atoms with E-state index in [2.05, 4.69) is 10.4 Å². The van der Waals surface area contributed by atoms with Crippen molar-refractivity contribution in [3.05, 3.63) is 12.0 Å². The van der Waals surface area contributed by atoms with E-state index in [1.54, 1.807) is 6.20 Å². The minimum Gasteiger partial charge on any atom is -0.317 e. The lowest BCUT2D eigenvalue weighted by molar-refractivity contribution is 0.859. The van der Waals surface area contributed by atoms with E-state index >= 15 is 0 Å². The fraction of sp³-hybridized carbons (Fsp3) is 0.400. The average Bonchev–Trinajstić information content (AvgIpc) is 2.15. The highest BCUT2D eigenvalue weighted by molar-refractivity contribution is 5.32. The largest absolute Gasteiger partial charge is 0.317 e. The van der Waals surface area contributed by atoms with Gasteiger partial charge >= 0.3 is 0 Å². The van der Waals surface area contributed by atoms with E-state index < -0.39 is 0 Å². The third-order valence-electron chi connectivity index (χ3n) is 1.37. The zero-order chi connectivity index (χ0) is 6.85. The lowest BCUT2D eigenvalue weighted by Crippen LogP contribution is -2.10. The van der Waals surface area contributed by atoms with Gasteiger partial charge in [0.1, 0.15) is 11.6 Å². The van der Waals surface area contributed by atoms with Gasteiger partial charge in [0.15, 0.2) is 0 Å². The van der Waals surface area contributed by atoms with Crippen LogP contribution in [-0.4, -0.2) is 9.55 Å². The number of imidazole rings is 1. The fourth-order valence-corrected chi connectivity index (χ4v) is 0.636. The molecule has 1 aromatic heterocycles. The Bertz CT molecular complexity index is 203. The van der Waals surface area contributed by atoms with Crippen LogP contribution in [0, 0.1) is 6.92 Å². The van der Waals surface area contributed by atoms with E-state index in [4.69, 9.17) is 5.84 Å². The van der Waals surface area contributed by atoms with E-state index in [-0.39, 0.29) is 0 Å². The van der Waals surface area contributed by atoms with Gasteiger partial charge in [-0.2, -0.15) is 0 Å². The summed E-state index contributed by atoms with van der Waals surface area (Å²) < 4.78 is 1.88. The minimum absolute atomic E-state index is 0.826. The number of nitrogens with one attached hydrogen (secondary N) is 1. The molecule has 0 saturated heterocycles. The Morgan fingerprint density at radius 2 is 2.44 bits per heavy atom. The van der Waals surface area contributed by atoms with Gasteiger partial charge in [-0.15, -0.1) is 0 Å². The number of hydrogen-bond donors (Lipinski definition) is 2. The van der Waals surface area contributed by atoms with Gasteiger partial charge in [-0.1, -0.05) is 0 Å². The predicted molar refractivity (Wildman–Crippen MR) is 35.8 cm³/mol. The van der Waals surface area contributed by atoms with Gasteiger partial charge in [-0.25, -0.2) is 10.8 Å². The number of nitrogens with zero attached hydrogens (tertiary/aromatic N) is 2. The number of nitrogen functional groups attached to an aromatic ring is 1. The zero-order valence-electron chi connectivity index (χ0n) is 5.55. The molecule has 0 aliphatic carbocycles. The first-order valence-electron chi connectivity index (χ1n) is 2.70. The van der Waals surface area contributed by atoms with Gasteiger partial charge in [0.2, 0.25) is 0 Å². The van der Waals surface area contributed by atoms with Crippen LogP contribution in [0.2, 0.25) is 0 Å². The van der Waals surface area contributed by atoms with Crippen LogP contribution in [-0.2, 0) is 7.05 Å². The summed E-state index contributed by atoms with van der Waals surface area (Å²) in [4.78, 5) is 4.01. The molecule has 0 aromatic carbocycles. The van der Waals surface area contributed by atoms with E-state index in [9.17, 15) is 0 Å². The van der Waals surface area contributed by atoms with Crippen molar-refractivity contribution in [3.63, 3.8) is 0 Å². The highest BCUT2D eigenvalue weighted by Gasteiger charge is 1.96. The van der Waals surface area contributed by atoms with Crippen LogP contribution in [0.25, 0.3) is 0 Å². The van der Waals surface area contributed by atoms with Crippen molar-refractivity contribution in [3.8, 4) is 0 Å². The normalized spacial score (nSPS) is 9.67. The molecule has 0 unspecified atom stereocenters. The average molecular weight is 126 g/mol. The molecule has 0 saturated carbocycles. The Balaban J connectivity index is 3.04. The zero-order valence-corrected chi connectivity index (χ0v) is 5.55. The number of rotatable bonds is 1. The highest BCUT2D eigenvalue weighted by atomic mass is 15.3. The summed E-state index contributed by atoms with van der Waals surface area (Å²) in [5, 5.41) is 0. The molecule has 0 amide bonds. The van der Waals surface area contributed by atoms with Crippen molar-refractivity contribution in [2.45, 2.75) is 6.92 Å². The number of hydrazine groups is 1. The summed E-state index contributed by atoms with van der Waals surface area (Å²) >= 11 is 0. The second-order valence-electron chi connectivity index (χ2n) is 1.89. The Labute approximate surface area is 53.7 Å². The second kappa shape index (κ2) is 2.06. The molecule has 4 nitrogen and oxygen atoms in total. The maximum Gasteiger partial charge on any atom is 0.140 e. The molecule has 0 spiro atoms. The van der Waals surface area contributed by atoms with Crippen LogP contribution in [0.1, 0.15) is 5.82 Å². The molecular weight excluding hydrogens is 116 g/mol. The Morgan fingerprint density at radius 1 is 1.78 bits per heavy atom. The Kier molecular flexibility index (Phi) is 1.40. The second-order valence-corrected chi connectivity index (χ2v) is 1.89. The molecule has 50 valence electrons. The van der Waals surface area contributed by atoms with E-state index in [1.807, 2.05) is 18.5 Å². The summed E-state index contributed by atoms with van der Waals surface area (Å²) in [6.07, 6.45) is 1.69. The summed E-state index contributed by atoms with van der Waals surface area (Å²) in [6, 6.07) is 0. The molecule has 4 heteroatoms. The van der Waals surface area contributed by atoms with E-state index in [0.29, 0.717) is 0 Å². The molecule has 0 aliphatic heterocycles. The van der Waals surface area contributed by atoms with Crippen LogP contribution in [0.4, 0.5) is 5.82 Å². The van der Waals surface area contributed by atoms with Gasteiger partial charge in [-0.05, 0) is 6.92 Å². The number of aryl methyl sites for hydroxylation is 1. The number of nitrogens with two attached hydrogens (primary N) is 1. The van der Waals surface area contributed by atoms with E-state index in [0.717, 1.165) is 11.6 Å². The van der Waals surface area contributed by atoms with Crippen molar-refractivity contribution in [1.82, 2.24) is 9.55 Å². The molecule has 0 bridgehead atoms. The lowest BCUT2D eigenvalue weighted by atomic mass is 10.7. The molecule has 0 radical (unpaired) electrons. The Hall–Kier alpha value is -1.03. The van der Waals surface area contributed by atoms with Gasteiger partial charge in [0.25, 0.3) is 0 Å². The maximum atomic E-state index is 5.15. The monoisotopic (exact) mass is 126 g/mol. The van der Waals surface area contributed by atoms with Crippen molar-refractivity contribution >= 4 is 5.82 Å². The molecular formula is C5H10N4. The van der Waals surface area contributed by atoms with Crippen molar-refractivity contribution < 1.29 is 0 Å². The first-order chi connectivity index (χ1) is 4.25. The third kappa shape index (κ3) is 0.882. The molecule has 1 rings (SSSR count). The molecule has 0 aliphatic rings. The molecule has 1 heterocycles. The van der Waals surface area contributed by atoms with Crippen LogP contribution < -0.4 is 11.3 Å². The van der Waals surface area contributed by atoms with Gasteiger partial charge in [-0.3, -0.25) is 0 Å². The lowest BCUT2D eigenvalue weighted by Gasteiger charge is -1.99. The van der Waals surface area contributed by atoms with Crippen LogP contribution in [0.15, 0.2) is 6.20 Å². The topological polar surface area (TPSA) is 55.9 Å². The summed E-state index contributed by atoms with van der Waals surface area (Å²) in [5.74, 6) is 6.93. The molecule has 3 N–H and O–H groups in total. The number of aromatic nitrogens is 2. The molecule has 0 atom stereocenters. The standard InChI is InChI=1S/C5H10N4/c1-4-7-3-5(8-6)9(4)2/h3,8H,6H2,1-2H3. The predicted octanol–water partition coefficient (Wildman–Crippen LogP) is 0.0141. The van der Waals surface area contributed by atoms with Crippen molar-refractivity contribution in [2.75, 3.05) is 5.43 Å². The quantitative estimate of drug-likeness (QED) is 0.412. The molecule has 9 heavy (non-hydrogen) atoms. The van der Waals surface area contributed by atoms with Gasteiger partial charge in [0.05, 0.1) is 6.20 Å². The highest BCUT2D eigenvalue weighted by Crippen LogP contribution is 2.04. The fourth-order valence-electron chi connectivity index (χ4n) is 0.636. The summed E-state index contributed by atoms with van der Waals surface area (Å²) in [7, 11) is 1.90. The van der Waals surface area contributed by atoms with Crippen LogP contribution in [0.3, 0.4) is 0 Å². The number of hydrogen-bond acceptors (Lipinski definition) is 3. The minimum atomic E-state index is 0.826. The van der Waals surface area contributed by atoms with Crippen molar-refractivity contribution in [2.24, 2.45) is 12.9 Å². The van der Waals surface area contributed by atoms with E-state index in [1.165, 1.54) is 0 Å². The van der Waals surface area contributed by atoms with Crippen LogP contribution in [0.5, 0.6) is 0 Å².